The number of ether oxygens (including phenoxy) is 1. The lowest BCUT2D eigenvalue weighted by molar-refractivity contribution is -0.142. The molecule has 0 aliphatic heterocycles. The van der Waals surface area contributed by atoms with Crippen molar-refractivity contribution in [1.29, 1.82) is 0 Å². The summed E-state index contributed by atoms with van der Waals surface area (Å²) < 4.78 is 5.11. The maximum Gasteiger partial charge on any atom is 0.330 e. The molecule has 2 aromatic rings. The van der Waals surface area contributed by atoms with Crippen LogP contribution >= 0.6 is 0 Å². The molecule has 0 aromatic heterocycles. The van der Waals surface area contributed by atoms with E-state index in [2.05, 4.69) is 5.32 Å². The Morgan fingerprint density at radius 1 is 1.04 bits per heavy atom. The normalized spacial score (nSPS) is 12.9. The fourth-order valence-corrected chi connectivity index (χ4v) is 2.48. The van der Waals surface area contributed by atoms with E-state index in [0.717, 1.165) is 11.3 Å². The number of carboxylic acids is 1. The van der Waals surface area contributed by atoms with Crippen LogP contribution in [-0.4, -0.2) is 24.1 Å². The van der Waals surface area contributed by atoms with E-state index in [0.29, 0.717) is 5.56 Å². The number of carbonyl (C=O) groups is 2. The van der Waals surface area contributed by atoms with Crippen molar-refractivity contribution in [3.8, 4) is 5.75 Å². The van der Waals surface area contributed by atoms with Gasteiger partial charge in [0.25, 0.3) is 0 Å². The van der Waals surface area contributed by atoms with Gasteiger partial charge < -0.3 is 15.2 Å². The Labute approximate surface area is 141 Å². The van der Waals surface area contributed by atoms with Crippen molar-refractivity contribution in [3.05, 3.63) is 65.7 Å². The Hall–Kier alpha value is -2.82. The first-order valence-corrected chi connectivity index (χ1v) is 7.72. The smallest absolute Gasteiger partial charge is 0.330 e. The highest BCUT2D eigenvalue weighted by Crippen LogP contribution is 2.22. The Morgan fingerprint density at radius 2 is 1.67 bits per heavy atom. The minimum Gasteiger partial charge on any atom is -0.497 e. The summed E-state index contributed by atoms with van der Waals surface area (Å²) in [6, 6.07) is 15.1. The van der Waals surface area contributed by atoms with Gasteiger partial charge in [-0.2, -0.15) is 0 Å². The largest absolute Gasteiger partial charge is 0.497 e. The van der Waals surface area contributed by atoms with E-state index in [1.807, 2.05) is 31.2 Å². The predicted octanol–water partition coefficient (Wildman–Crippen LogP) is 3.13. The van der Waals surface area contributed by atoms with Gasteiger partial charge in [-0.25, -0.2) is 4.79 Å². The van der Waals surface area contributed by atoms with Crippen molar-refractivity contribution in [1.82, 2.24) is 5.32 Å². The highest BCUT2D eigenvalue weighted by molar-refractivity contribution is 5.84. The molecule has 0 spiro atoms. The summed E-state index contributed by atoms with van der Waals surface area (Å²) in [4.78, 5) is 23.7. The fraction of sp³-hybridized carbons (Fsp3) is 0.263. The molecule has 1 amide bonds. The molecule has 5 nitrogen and oxygen atoms in total. The van der Waals surface area contributed by atoms with Crippen molar-refractivity contribution in [3.63, 3.8) is 0 Å². The predicted molar refractivity (Wildman–Crippen MR) is 91.0 cm³/mol. The summed E-state index contributed by atoms with van der Waals surface area (Å²) in [5, 5.41) is 11.9. The lowest BCUT2D eigenvalue weighted by Gasteiger charge is -2.17. The van der Waals surface area contributed by atoms with Crippen molar-refractivity contribution >= 4 is 11.9 Å². The van der Waals surface area contributed by atoms with E-state index in [9.17, 15) is 14.7 Å². The summed E-state index contributed by atoms with van der Waals surface area (Å²) in [6.07, 6.45) is 0.211. The molecule has 0 saturated heterocycles. The highest BCUT2D eigenvalue weighted by Gasteiger charge is 2.22. The van der Waals surface area contributed by atoms with E-state index in [1.54, 1.807) is 37.4 Å². The molecule has 2 rings (SSSR count). The van der Waals surface area contributed by atoms with E-state index < -0.39 is 12.0 Å². The average molecular weight is 327 g/mol. The number of aliphatic carboxylic acids is 1. The zero-order valence-electron chi connectivity index (χ0n) is 13.7. The van der Waals surface area contributed by atoms with Gasteiger partial charge in [0.1, 0.15) is 5.75 Å². The monoisotopic (exact) mass is 327 g/mol. The lowest BCUT2D eigenvalue weighted by atomic mass is 9.97. The van der Waals surface area contributed by atoms with Gasteiger partial charge in [-0.05, 0) is 29.2 Å². The molecule has 24 heavy (non-hydrogen) atoms. The minimum atomic E-state index is -1.08. The Morgan fingerprint density at radius 3 is 2.21 bits per heavy atom. The molecule has 0 aliphatic carbocycles. The van der Waals surface area contributed by atoms with Crippen LogP contribution in [0.25, 0.3) is 0 Å². The average Bonchev–Trinajstić information content (AvgIpc) is 2.60. The second kappa shape index (κ2) is 8.15. The molecule has 0 fully saturated rings. The first kappa shape index (κ1) is 17.5. The van der Waals surface area contributed by atoms with Gasteiger partial charge >= 0.3 is 5.97 Å². The number of hydrogen-bond acceptors (Lipinski definition) is 3. The molecule has 0 saturated carbocycles. The molecule has 2 aromatic carbocycles. The highest BCUT2D eigenvalue weighted by atomic mass is 16.5. The summed E-state index contributed by atoms with van der Waals surface area (Å²) in [7, 11) is 1.60. The third-order valence-electron chi connectivity index (χ3n) is 3.86. The first-order chi connectivity index (χ1) is 11.5. The van der Waals surface area contributed by atoms with Crippen molar-refractivity contribution < 1.29 is 19.4 Å². The molecular formula is C19H21NO4. The second-order valence-electron chi connectivity index (χ2n) is 5.63. The number of amides is 1. The molecule has 2 N–H and O–H groups in total. The first-order valence-electron chi connectivity index (χ1n) is 7.72. The van der Waals surface area contributed by atoms with Gasteiger partial charge in [0.05, 0.1) is 7.11 Å². The van der Waals surface area contributed by atoms with E-state index in [-0.39, 0.29) is 18.2 Å². The van der Waals surface area contributed by atoms with Gasteiger partial charge in [-0.3, -0.25) is 4.79 Å². The zero-order chi connectivity index (χ0) is 17.5. The summed E-state index contributed by atoms with van der Waals surface area (Å²) in [6.45, 7) is 1.93. The Kier molecular flexibility index (Phi) is 5.95. The number of nitrogens with one attached hydrogen (secondary N) is 1. The third-order valence-corrected chi connectivity index (χ3v) is 3.86. The van der Waals surface area contributed by atoms with Crippen LogP contribution in [0.15, 0.2) is 54.6 Å². The van der Waals surface area contributed by atoms with Crippen LogP contribution in [0.4, 0.5) is 0 Å². The zero-order valence-corrected chi connectivity index (χ0v) is 13.7. The number of rotatable bonds is 7. The van der Waals surface area contributed by atoms with Gasteiger partial charge in [0.2, 0.25) is 5.91 Å². The molecule has 0 radical (unpaired) electrons. The Bertz CT molecular complexity index is 682. The second-order valence-corrected chi connectivity index (χ2v) is 5.63. The van der Waals surface area contributed by atoms with E-state index in [1.165, 1.54) is 0 Å². The molecule has 0 aliphatic rings. The van der Waals surface area contributed by atoms with Crippen molar-refractivity contribution in [2.75, 3.05) is 7.11 Å². The van der Waals surface area contributed by atoms with Crippen LogP contribution in [0.5, 0.6) is 5.75 Å². The van der Waals surface area contributed by atoms with E-state index >= 15 is 0 Å². The molecular weight excluding hydrogens is 306 g/mol. The maximum absolute atomic E-state index is 12.2. The third kappa shape index (κ3) is 4.59. The summed E-state index contributed by atoms with van der Waals surface area (Å²) in [5.41, 5.74) is 1.55. The number of benzene rings is 2. The lowest BCUT2D eigenvalue weighted by Crippen LogP contribution is -2.34. The standard InChI is InChI=1S/C19H21NO4/c1-13(14-8-10-16(24-2)11-9-14)12-17(21)20-18(19(22)23)15-6-4-3-5-7-15/h3-11,13,18H,12H2,1-2H3,(H,20,21)(H,22,23)/t13?,18-/m1/s1. The van der Waals surface area contributed by atoms with Crippen LogP contribution in [0, 0.1) is 0 Å². The summed E-state index contributed by atoms with van der Waals surface area (Å²) in [5.74, 6) is -0.646. The number of hydrogen-bond donors (Lipinski definition) is 2. The molecule has 1 unspecified atom stereocenters. The quantitative estimate of drug-likeness (QED) is 0.819. The molecule has 126 valence electrons. The van der Waals surface area contributed by atoms with Crippen LogP contribution in [0.1, 0.15) is 36.4 Å². The minimum absolute atomic E-state index is 0.0267. The molecule has 2 atom stereocenters. The van der Waals surface area contributed by atoms with Gasteiger partial charge in [-0.1, -0.05) is 49.4 Å². The van der Waals surface area contributed by atoms with Crippen LogP contribution in [0.3, 0.4) is 0 Å². The number of carboxylic acid groups (broad SMARTS) is 1. The topological polar surface area (TPSA) is 75.6 Å². The fourth-order valence-electron chi connectivity index (χ4n) is 2.48. The van der Waals surface area contributed by atoms with Crippen LogP contribution < -0.4 is 10.1 Å². The molecule has 0 heterocycles. The molecule has 5 heteroatoms. The number of carbonyl (C=O) groups excluding carboxylic acids is 1. The van der Waals surface area contributed by atoms with Gasteiger partial charge in [-0.15, -0.1) is 0 Å². The van der Waals surface area contributed by atoms with Crippen LogP contribution in [-0.2, 0) is 9.59 Å². The number of methoxy groups -OCH3 is 1. The Balaban J connectivity index is 2.01. The van der Waals surface area contributed by atoms with Crippen molar-refractivity contribution in [2.24, 2.45) is 0 Å². The summed E-state index contributed by atoms with van der Waals surface area (Å²) >= 11 is 0. The maximum atomic E-state index is 12.2. The van der Waals surface area contributed by atoms with E-state index in [4.69, 9.17) is 4.74 Å². The van der Waals surface area contributed by atoms with Crippen molar-refractivity contribution in [2.45, 2.75) is 25.3 Å². The SMILES string of the molecule is COc1ccc(C(C)CC(=O)N[C@@H](C(=O)O)c2ccccc2)cc1. The van der Waals surface area contributed by atoms with Gasteiger partial charge in [0, 0.05) is 6.42 Å². The van der Waals surface area contributed by atoms with Gasteiger partial charge in [0.15, 0.2) is 6.04 Å². The van der Waals surface area contributed by atoms with Crippen LogP contribution in [0.2, 0.25) is 0 Å². The molecule has 0 bridgehead atoms.